The van der Waals surface area contributed by atoms with E-state index in [1.807, 2.05) is 0 Å². The number of piperidine rings is 1. The van der Waals surface area contributed by atoms with Crippen molar-refractivity contribution in [2.75, 3.05) is 24.6 Å². The zero-order chi connectivity index (χ0) is 19.8. The molecular weight excluding hydrogens is 384 g/mol. The van der Waals surface area contributed by atoms with Gasteiger partial charge < -0.3 is 9.64 Å². The Morgan fingerprint density at radius 2 is 2.17 bits per heavy atom. The average molecular weight is 409 g/mol. The highest BCUT2D eigenvalue weighted by molar-refractivity contribution is 6.28. The van der Waals surface area contributed by atoms with E-state index in [0.717, 1.165) is 69.7 Å². The lowest BCUT2D eigenvalue weighted by Crippen LogP contribution is -2.42. The highest BCUT2D eigenvalue weighted by Gasteiger charge is 2.42. The molecule has 1 aromatic heterocycles. The summed E-state index contributed by atoms with van der Waals surface area (Å²) in [6.45, 7) is 2.59. The number of nitriles is 1. The molecule has 0 amide bonds. The van der Waals surface area contributed by atoms with Gasteiger partial charge in [0.2, 0.25) is 5.28 Å². The molecule has 150 valence electrons. The third-order valence-electron chi connectivity index (χ3n) is 6.73. The van der Waals surface area contributed by atoms with Crippen LogP contribution in [0.3, 0.4) is 0 Å². The molecule has 2 atom stereocenters. The van der Waals surface area contributed by atoms with Crippen LogP contribution in [0.4, 0.5) is 5.82 Å². The van der Waals surface area contributed by atoms with E-state index in [2.05, 4.69) is 45.2 Å². The SMILES string of the molecule is N#CC[C@@H]1CCCN(c2nc(Cl)nc3c2CCC2(C3)OCCc3ccccc32)C1. The molecule has 1 fully saturated rings. The van der Waals surface area contributed by atoms with Crippen LogP contribution in [0.5, 0.6) is 0 Å². The maximum absolute atomic E-state index is 9.10. The molecular formula is C23H25ClN4O. The molecule has 1 aliphatic carbocycles. The van der Waals surface area contributed by atoms with Gasteiger partial charge in [-0.05, 0) is 60.7 Å². The summed E-state index contributed by atoms with van der Waals surface area (Å²) in [4.78, 5) is 11.6. The molecule has 1 saturated heterocycles. The largest absolute Gasteiger partial charge is 0.370 e. The molecule has 3 heterocycles. The summed E-state index contributed by atoms with van der Waals surface area (Å²) < 4.78 is 6.41. The van der Waals surface area contributed by atoms with Gasteiger partial charge in [-0.3, -0.25) is 0 Å². The molecule has 0 radical (unpaired) electrons. The summed E-state index contributed by atoms with van der Waals surface area (Å²) in [6.07, 6.45) is 6.33. The maximum atomic E-state index is 9.10. The maximum Gasteiger partial charge on any atom is 0.224 e. The van der Waals surface area contributed by atoms with Crippen molar-refractivity contribution < 1.29 is 4.74 Å². The zero-order valence-corrected chi connectivity index (χ0v) is 17.3. The van der Waals surface area contributed by atoms with Crippen molar-refractivity contribution in [3.8, 4) is 6.07 Å². The first-order valence-electron chi connectivity index (χ1n) is 10.6. The highest BCUT2D eigenvalue weighted by atomic mass is 35.5. The fourth-order valence-electron chi connectivity index (χ4n) is 5.36. The minimum absolute atomic E-state index is 0.304. The van der Waals surface area contributed by atoms with Gasteiger partial charge >= 0.3 is 0 Å². The number of halogens is 1. The normalized spacial score (nSPS) is 25.9. The smallest absolute Gasteiger partial charge is 0.224 e. The van der Waals surface area contributed by atoms with E-state index in [0.29, 0.717) is 17.6 Å². The lowest BCUT2D eigenvalue weighted by Gasteiger charge is -2.43. The minimum Gasteiger partial charge on any atom is -0.370 e. The van der Waals surface area contributed by atoms with E-state index >= 15 is 0 Å². The Kier molecular flexibility index (Phi) is 4.93. The number of nitrogens with zero attached hydrogens (tertiary/aromatic N) is 4. The second-order valence-electron chi connectivity index (χ2n) is 8.48. The number of hydrogen-bond donors (Lipinski definition) is 0. The van der Waals surface area contributed by atoms with E-state index < -0.39 is 0 Å². The molecule has 5 rings (SSSR count). The van der Waals surface area contributed by atoms with Crippen LogP contribution in [0.15, 0.2) is 24.3 Å². The van der Waals surface area contributed by atoms with Gasteiger partial charge in [0.1, 0.15) is 5.82 Å². The summed E-state index contributed by atoms with van der Waals surface area (Å²) >= 11 is 6.38. The van der Waals surface area contributed by atoms with Crippen molar-refractivity contribution in [2.24, 2.45) is 5.92 Å². The monoisotopic (exact) mass is 408 g/mol. The second-order valence-corrected chi connectivity index (χ2v) is 8.82. The van der Waals surface area contributed by atoms with Gasteiger partial charge in [0.05, 0.1) is 24.0 Å². The fraction of sp³-hybridized carbons (Fsp3) is 0.522. The Morgan fingerprint density at radius 3 is 3.07 bits per heavy atom. The van der Waals surface area contributed by atoms with Crippen LogP contribution in [0.1, 0.15) is 48.1 Å². The first kappa shape index (κ1) is 18.8. The van der Waals surface area contributed by atoms with E-state index in [-0.39, 0.29) is 5.60 Å². The van der Waals surface area contributed by atoms with Crippen LogP contribution in [0.25, 0.3) is 0 Å². The summed E-state index contributed by atoms with van der Waals surface area (Å²) in [6, 6.07) is 11.0. The molecule has 0 N–H and O–H groups in total. The standard InChI is InChI=1S/C23H25ClN4O/c24-22-26-20-14-23(19-6-2-1-5-17(19)9-13-29-23)10-7-18(20)21(27-22)28-12-3-4-16(15-28)8-11-25/h1-2,5-6,16H,3-4,7-10,12-15H2/t16-,23?/m0/s1. The van der Waals surface area contributed by atoms with Gasteiger partial charge in [-0.15, -0.1) is 0 Å². The molecule has 3 aliphatic rings. The van der Waals surface area contributed by atoms with E-state index in [1.54, 1.807) is 0 Å². The van der Waals surface area contributed by atoms with Crippen LogP contribution < -0.4 is 4.90 Å². The van der Waals surface area contributed by atoms with Gasteiger partial charge in [0.15, 0.2) is 0 Å². The molecule has 2 aliphatic heterocycles. The molecule has 0 saturated carbocycles. The van der Waals surface area contributed by atoms with Gasteiger partial charge in [-0.1, -0.05) is 24.3 Å². The molecule has 1 aromatic carbocycles. The predicted octanol–water partition coefficient (Wildman–Crippen LogP) is 4.22. The average Bonchev–Trinajstić information content (AvgIpc) is 2.74. The number of fused-ring (bicyclic) bond motifs is 3. The molecule has 29 heavy (non-hydrogen) atoms. The molecule has 1 spiro atoms. The van der Waals surface area contributed by atoms with Crippen molar-refractivity contribution in [3.63, 3.8) is 0 Å². The van der Waals surface area contributed by atoms with Gasteiger partial charge in [0, 0.05) is 31.5 Å². The molecule has 1 unspecified atom stereocenters. The van der Waals surface area contributed by atoms with Crippen molar-refractivity contribution in [1.82, 2.24) is 9.97 Å². The van der Waals surface area contributed by atoms with Gasteiger partial charge in [0.25, 0.3) is 0 Å². The van der Waals surface area contributed by atoms with Crippen LogP contribution in [-0.2, 0) is 29.6 Å². The number of rotatable bonds is 2. The second kappa shape index (κ2) is 7.59. The van der Waals surface area contributed by atoms with E-state index in [1.165, 1.54) is 16.7 Å². The lowest BCUT2D eigenvalue weighted by molar-refractivity contribution is -0.0707. The summed E-state index contributed by atoms with van der Waals surface area (Å²) in [7, 11) is 0. The highest BCUT2D eigenvalue weighted by Crippen LogP contribution is 2.45. The Labute approximate surface area is 176 Å². The molecule has 0 bridgehead atoms. The predicted molar refractivity (Wildman–Crippen MR) is 112 cm³/mol. The van der Waals surface area contributed by atoms with E-state index in [9.17, 15) is 0 Å². The van der Waals surface area contributed by atoms with Crippen LogP contribution >= 0.6 is 11.6 Å². The van der Waals surface area contributed by atoms with Gasteiger partial charge in [-0.25, -0.2) is 9.97 Å². The third kappa shape index (κ3) is 3.39. The Hall–Kier alpha value is -2.16. The number of benzene rings is 1. The van der Waals surface area contributed by atoms with Crippen molar-refractivity contribution in [2.45, 2.75) is 50.5 Å². The Morgan fingerprint density at radius 1 is 1.28 bits per heavy atom. The summed E-state index contributed by atoms with van der Waals surface area (Å²) in [5.74, 6) is 1.38. The summed E-state index contributed by atoms with van der Waals surface area (Å²) in [5, 5.41) is 9.41. The van der Waals surface area contributed by atoms with Gasteiger partial charge in [-0.2, -0.15) is 5.26 Å². The first-order valence-corrected chi connectivity index (χ1v) is 11.0. The quantitative estimate of drug-likeness (QED) is 0.696. The number of anilines is 1. The van der Waals surface area contributed by atoms with Crippen molar-refractivity contribution in [3.05, 3.63) is 51.9 Å². The van der Waals surface area contributed by atoms with Crippen LogP contribution in [-0.4, -0.2) is 29.7 Å². The first-order chi connectivity index (χ1) is 14.2. The third-order valence-corrected chi connectivity index (χ3v) is 6.90. The minimum atomic E-state index is -0.304. The number of aromatic nitrogens is 2. The van der Waals surface area contributed by atoms with E-state index in [4.69, 9.17) is 21.6 Å². The van der Waals surface area contributed by atoms with Crippen LogP contribution in [0, 0.1) is 17.2 Å². The summed E-state index contributed by atoms with van der Waals surface area (Å²) in [5.41, 5.74) is 4.62. The Bertz CT molecular complexity index is 972. The molecule has 5 nitrogen and oxygen atoms in total. The zero-order valence-electron chi connectivity index (χ0n) is 16.5. The lowest BCUT2D eigenvalue weighted by atomic mass is 9.75. The fourth-order valence-corrected chi connectivity index (χ4v) is 5.54. The topological polar surface area (TPSA) is 62.0 Å². The molecule has 2 aromatic rings. The Balaban J connectivity index is 1.50. The van der Waals surface area contributed by atoms with Crippen molar-refractivity contribution >= 4 is 17.4 Å². The van der Waals surface area contributed by atoms with Crippen molar-refractivity contribution in [1.29, 1.82) is 5.26 Å². The number of ether oxygens (including phenoxy) is 1. The number of hydrogen-bond acceptors (Lipinski definition) is 5. The molecule has 6 heteroatoms. The van der Waals surface area contributed by atoms with Crippen LogP contribution in [0.2, 0.25) is 5.28 Å².